The summed E-state index contributed by atoms with van der Waals surface area (Å²) < 4.78 is 5.32. The molecule has 0 bridgehead atoms. The Morgan fingerprint density at radius 2 is 1.45 bits per heavy atom. The first-order chi connectivity index (χ1) is 25.8. The number of carbonyl (C=O) groups is 7. The third-order valence-corrected chi connectivity index (χ3v) is 10.5. The van der Waals surface area contributed by atoms with Crippen molar-refractivity contribution in [2.45, 2.75) is 156 Å². The molecule has 0 aromatic heterocycles. The number of amides is 5. The number of likely N-dealkylation sites (tertiary alicyclic amines) is 1. The number of hydrogen-bond acceptors (Lipinski definition) is 8. The second kappa shape index (κ2) is 20.6. The number of unbranched alkanes of at least 4 members (excludes halogenated alkanes) is 1. The van der Waals surface area contributed by atoms with Gasteiger partial charge in [0, 0.05) is 19.4 Å². The van der Waals surface area contributed by atoms with Crippen molar-refractivity contribution in [1.82, 2.24) is 26.2 Å². The van der Waals surface area contributed by atoms with Crippen LogP contribution >= 0.6 is 0 Å². The number of esters is 1. The van der Waals surface area contributed by atoms with Gasteiger partial charge in [0.1, 0.15) is 23.7 Å². The van der Waals surface area contributed by atoms with Crippen molar-refractivity contribution in [2.24, 2.45) is 23.7 Å². The van der Waals surface area contributed by atoms with Gasteiger partial charge in [-0.05, 0) is 89.0 Å². The number of nitrogens with zero attached hydrogens (tertiary/aromatic N) is 1. The van der Waals surface area contributed by atoms with Gasteiger partial charge in [0.2, 0.25) is 29.4 Å². The van der Waals surface area contributed by atoms with Gasteiger partial charge in [-0.15, -0.1) is 0 Å². The summed E-state index contributed by atoms with van der Waals surface area (Å²) in [6.07, 6.45) is 4.51. The normalized spacial score (nSPS) is 20.2. The Kier molecular flexibility index (Phi) is 16.9. The van der Waals surface area contributed by atoms with Crippen molar-refractivity contribution in [3.8, 4) is 0 Å². The third kappa shape index (κ3) is 13.2. The third-order valence-electron chi connectivity index (χ3n) is 10.5. The molecule has 1 saturated heterocycles. The average Bonchev–Trinajstić information content (AvgIpc) is 3.72. The smallest absolute Gasteiger partial charge is 0.306 e. The topological polar surface area (TPSA) is 180 Å². The summed E-state index contributed by atoms with van der Waals surface area (Å²) in [5, 5.41) is 11.3. The minimum absolute atomic E-state index is 0.0941. The predicted octanol–water partition coefficient (Wildman–Crippen LogP) is 4.53. The maximum Gasteiger partial charge on any atom is 0.306 e. The van der Waals surface area contributed by atoms with E-state index in [4.69, 9.17) is 4.74 Å². The molecular formula is C42H65N5O8. The van der Waals surface area contributed by atoms with E-state index in [1.54, 1.807) is 46.4 Å². The van der Waals surface area contributed by atoms with Crippen LogP contribution in [0, 0.1) is 23.7 Å². The quantitative estimate of drug-likeness (QED) is 0.0901. The molecule has 306 valence electrons. The van der Waals surface area contributed by atoms with Gasteiger partial charge in [-0.25, -0.2) is 0 Å². The van der Waals surface area contributed by atoms with Crippen LogP contribution in [0.2, 0.25) is 0 Å². The van der Waals surface area contributed by atoms with Crippen molar-refractivity contribution < 1.29 is 38.3 Å². The zero-order valence-corrected chi connectivity index (χ0v) is 34.4. The molecule has 0 spiro atoms. The van der Waals surface area contributed by atoms with Gasteiger partial charge >= 0.3 is 5.97 Å². The lowest BCUT2D eigenvalue weighted by molar-refractivity contribution is -0.155. The van der Waals surface area contributed by atoms with Crippen LogP contribution < -0.4 is 21.3 Å². The largest absolute Gasteiger partial charge is 0.460 e. The van der Waals surface area contributed by atoms with Crippen LogP contribution in [0.15, 0.2) is 30.3 Å². The molecule has 2 unspecified atom stereocenters. The molecule has 55 heavy (non-hydrogen) atoms. The van der Waals surface area contributed by atoms with Crippen molar-refractivity contribution in [3.05, 3.63) is 35.9 Å². The lowest BCUT2D eigenvalue weighted by Gasteiger charge is -2.34. The molecule has 7 atom stereocenters. The van der Waals surface area contributed by atoms with Crippen LogP contribution in [0.25, 0.3) is 0 Å². The number of Topliss-reactive ketones (excluding diaryl/α,β-unsaturated/α-hetero) is 1. The maximum absolute atomic E-state index is 14.4. The highest BCUT2D eigenvalue weighted by Crippen LogP contribution is 2.42. The number of carbonyl (C=O) groups excluding carboxylic acids is 7. The number of fused-ring (bicyclic) bond motifs is 1. The molecule has 2 aliphatic rings. The maximum atomic E-state index is 14.4. The van der Waals surface area contributed by atoms with Crippen LogP contribution in [0.5, 0.6) is 0 Å². The first kappa shape index (κ1) is 45.1. The summed E-state index contributed by atoms with van der Waals surface area (Å²) in [6, 6.07) is 5.04. The second-order valence-electron chi connectivity index (χ2n) is 16.9. The van der Waals surface area contributed by atoms with E-state index in [-0.39, 0.29) is 54.8 Å². The lowest BCUT2D eigenvalue weighted by atomic mass is 9.92. The van der Waals surface area contributed by atoms with E-state index in [1.165, 1.54) is 0 Å². The second-order valence-corrected chi connectivity index (χ2v) is 16.9. The van der Waals surface area contributed by atoms with Crippen LogP contribution in [0.1, 0.15) is 132 Å². The van der Waals surface area contributed by atoms with Crippen LogP contribution in [-0.2, 0) is 38.3 Å². The Morgan fingerprint density at radius 3 is 2.05 bits per heavy atom. The molecule has 4 N–H and O–H groups in total. The highest BCUT2D eigenvalue weighted by Gasteiger charge is 2.51. The van der Waals surface area contributed by atoms with E-state index in [0.717, 1.165) is 24.8 Å². The van der Waals surface area contributed by atoms with E-state index >= 15 is 0 Å². The first-order valence-electron chi connectivity index (χ1n) is 20.2. The molecule has 13 nitrogen and oxygen atoms in total. The summed E-state index contributed by atoms with van der Waals surface area (Å²) >= 11 is 0. The standard InChI is InChI=1S/C42H65N5O8/c1-10-17-31(37(50)40(53)43-27(6)28-18-12-11-13-19-28)44-39(52)36-30-21-16-20-29(30)24-47(36)41(54)35(26(4)5)46-38(51)34(25(2)3)45-32(48)22-14-15-23-33(49)55-42(7,8)9/h11-13,18-19,25-27,29-31,34-36H,10,14-17,20-24H2,1-9H3,(H,43,53)(H,44,52)(H,45,48)(H,46,51)/t27-,29-,30-,31?,34-,35-,36?/m0/s1. The van der Waals surface area contributed by atoms with Crippen molar-refractivity contribution >= 4 is 41.3 Å². The van der Waals surface area contributed by atoms with E-state index in [9.17, 15) is 33.6 Å². The van der Waals surface area contributed by atoms with Gasteiger partial charge in [0.25, 0.3) is 5.91 Å². The SMILES string of the molecule is CCCC(NC(=O)C1[C@H]2CCC[C@H]2CN1C(=O)[C@@H](NC(=O)[C@@H](NC(=O)CCCCC(=O)OC(C)(C)C)C(C)C)C(C)C)C(=O)C(=O)N[C@@H](C)c1ccccc1. The fourth-order valence-electron chi connectivity index (χ4n) is 7.60. The number of benzene rings is 1. The Bertz CT molecular complexity index is 1510. The summed E-state index contributed by atoms with van der Waals surface area (Å²) in [6.45, 7) is 16.6. The van der Waals surface area contributed by atoms with Gasteiger partial charge in [-0.3, -0.25) is 33.6 Å². The van der Waals surface area contributed by atoms with Crippen LogP contribution in [-0.4, -0.2) is 82.5 Å². The predicted molar refractivity (Wildman–Crippen MR) is 209 cm³/mol. The van der Waals surface area contributed by atoms with Gasteiger partial charge < -0.3 is 30.9 Å². The van der Waals surface area contributed by atoms with E-state index in [2.05, 4.69) is 21.3 Å². The summed E-state index contributed by atoms with van der Waals surface area (Å²) in [5.41, 5.74) is 0.260. The summed E-state index contributed by atoms with van der Waals surface area (Å²) in [7, 11) is 0. The minimum Gasteiger partial charge on any atom is -0.460 e. The van der Waals surface area contributed by atoms with Crippen LogP contribution in [0.3, 0.4) is 0 Å². The minimum atomic E-state index is -1.06. The molecule has 2 fully saturated rings. The number of hydrogen-bond donors (Lipinski definition) is 4. The number of nitrogens with one attached hydrogen (secondary N) is 4. The fraction of sp³-hybridized carbons (Fsp3) is 0.690. The average molecular weight is 768 g/mol. The molecule has 5 amide bonds. The van der Waals surface area contributed by atoms with E-state index in [0.29, 0.717) is 25.8 Å². The molecule has 13 heteroatoms. The fourth-order valence-corrected chi connectivity index (χ4v) is 7.60. The summed E-state index contributed by atoms with van der Waals surface area (Å²) in [5.74, 6) is -4.25. The number of ether oxygens (including phenoxy) is 1. The van der Waals surface area contributed by atoms with Crippen LogP contribution in [0.4, 0.5) is 0 Å². The van der Waals surface area contributed by atoms with Crippen molar-refractivity contribution in [3.63, 3.8) is 0 Å². The highest BCUT2D eigenvalue weighted by molar-refractivity contribution is 6.38. The Labute approximate surface area is 327 Å². The molecule has 3 rings (SSSR count). The van der Waals surface area contributed by atoms with Gasteiger partial charge in [0.15, 0.2) is 0 Å². The molecule has 0 radical (unpaired) electrons. The zero-order valence-electron chi connectivity index (χ0n) is 34.4. The number of rotatable bonds is 19. The lowest BCUT2D eigenvalue weighted by Crippen LogP contribution is -2.60. The number of ketones is 1. The molecule has 1 aromatic carbocycles. The van der Waals surface area contributed by atoms with Crippen molar-refractivity contribution in [1.29, 1.82) is 0 Å². The molecule has 1 aliphatic carbocycles. The monoisotopic (exact) mass is 767 g/mol. The molecule has 1 aliphatic heterocycles. The van der Waals surface area contributed by atoms with Crippen molar-refractivity contribution in [2.75, 3.05) is 6.54 Å². The Hall–Kier alpha value is -4.29. The molecule has 1 heterocycles. The molecular weight excluding hydrogens is 702 g/mol. The molecule has 1 aromatic rings. The molecule has 1 saturated carbocycles. The Morgan fingerprint density at radius 1 is 0.818 bits per heavy atom. The van der Waals surface area contributed by atoms with Gasteiger partial charge in [-0.1, -0.05) is 77.8 Å². The first-order valence-corrected chi connectivity index (χ1v) is 20.2. The van der Waals surface area contributed by atoms with E-state index < -0.39 is 65.2 Å². The Balaban J connectivity index is 1.69. The van der Waals surface area contributed by atoms with Gasteiger partial charge in [0.05, 0.1) is 12.1 Å². The zero-order chi connectivity index (χ0) is 41.0. The van der Waals surface area contributed by atoms with Gasteiger partial charge in [-0.2, -0.15) is 0 Å². The highest BCUT2D eigenvalue weighted by atomic mass is 16.6. The van der Waals surface area contributed by atoms with E-state index in [1.807, 2.05) is 51.1 Å². The summed E-state index contributed by atoms with van der Waals surface area (Å²) in [4.78, 5) is 95.3.